The molecule has 1 unspecified atom stereocenters. The number of rotatable bonds is 5. The van der Waals surface area contributed by atoms with Crippen LogP contribution >= 0.6 is 0 Å². The molecule has 1 saturated heterocycles. The van der Waals surface area contributed by atoms with E-state index in [1.165, 1.54) is 6.92 Å². The minimum absolute atomic E-state index is 0.0997. The molecule has 0 saturated carbocycles. The van der Waals surface area contributed by atoms with Gasteiger partial charge in [0.25, 0.3) is 0 Å². The molecular formula is C30H36N4O5. The van der Waals surface area contributed by atoms with Gasteiger partial charge in [0, 0.05) is 60.5 Å². The largest absolute Gasteiger partial charge is 0.467 e. The zero-order chi connectivity index (χ0) is 28.3. The molecule has 1 aromatic rings. The zero-order valence-electron chi connectivity index (χ0n) is 23.7. The summed E-state index contributed by atoms with van der Waals surface area (Å²) in [6, 6.07) is 2.97. The number of ketones is 2. The molecule has 3 heterocycles. The number of fused-ring (bicyclic) bond motifs is 6. The maximum absolute atomic E-state index is 13.7. The van der Waals surface area contributed by atoms with Gasteiger partial charge in [-0.25, -0.2) is 0 Å². The fourth-order valence-electron chi connectivity index (χ4n) is 7.10. The van der Waals surface area contributed by atoms with Crippen molar-refractivity contribution in [3.05, 3.63) is 50.6 Å². The van der Waals surface area contributed by atoms with Crippen LogP contribution in [-0.2, 0) is 25.5 Å². The van der Waals surface area contributed by atoms with Crippen LogP contribution in [0.25, 0.3) is 0 Å². The summed E-state index contributed by atoms with van der Waals surface area (Å²) in [5.74, 6) is 0.244. The van der Waals surface area contributed by atoms with Gasteiger partial charge in [0.15, 0.2) is 18.4 Å². The van der Waals surface area contributed by atoms with E-state index in [1.54, 1.807) is 21.0 Å². The molecule has 5 atom stereocenters. The van der Waals surface area contributed by atoms with Crippen LogP contribution in [-0.4, -0.2) is 78.9 Å². The standard InChI is InChI=1S/C30H36N4O5/c1-14-8-19-9-21-23(11-31)34-22(27(33(21)6)25(19)30(15(14)2)39-13-38-7)10-20-26(24(34)12-32-18(5)35)29(37)17(4)16(3)28(20)36/h8,21-24,27H,9-10,12-13H2,1-7H3,(H,32,35)/t21-,22?,23-,24-,27-/m0/s1. The number of Topliss-reactive ketones (excluding diaryl/α,β-unsaturated/α-hetero) is 2. The highest BCUT2D eigenvalue weighted by molar-refractivity contribution is 6.25. The van der Waals surface area contributed by atoms with Gasteiger partial charge in [0.1, 0.15) is 11.8 Å². The number of ether oxygens (including phenoxy) is 2. The normalized spacial score (nSPS) is 28.5. The van der Waals surface area contributed by atoms with E-state index >= 15 is 0 Å². The molecule has 9 nitrogen and oxygen atoms in total. The number of likely N-dealkylation sites (N-methyl/N-ethyl adjacent to an activating group) is 1. The Morgan fingerprint density at radius 1 is 1.13 bits per heavy atom. The molecule has 2 bridgehead atoms. The van der Waals surface area contributed by atoms with E-state index in [-0.39, 0.29) is 48.9 Å². The van der Waals surface area contributed by atoms with Crippen molar-refractivity contribution in [3.63, 3.8) is 0 Å². The van der Waals surface area contributed by atoms with Crippen molar-refractivity contribution in [1.82, 2.24) is 15.1 Å². The monoisotopic (exact) mass is 532 g/mol. The molecule has 206 valence electrons. The summed E-state index contributed by atoms with van der Waals surface area (Å²) in [5, 5.41) is 13.4. The van der Waals surface area contributed by atoms with Crippen molar-refractivity contribution in [1.29, 1.82) is 5.26 Å². The lowest BCUT2D eigenvalue weighted by atomic mass is 9.69. The first kappa shape index (κ1) is 27.3. The summed E-state index contributed by atoms with van der Waals surface area (Å²) in [7, 11) is 3.62. The molecule has 5 rings (SSSR count). The number of amides is 1. The number of allylic oxidation sites excluding steroid dienone is 2. The summed E-state index contributed by atoms with van der Waals surface area (Å²) in [6.07, 6.45) is 0.967. The molecule has 1 fully saturated rings. The lowest BCUT2D eigenvalue weighted by Crippen LogP contribution is -2.71. The van der Waals surface area contributed by atoms with Gasteiger partial charge in [0.2, 0.25) is 5.91 Å². The lowest BCUT2D eigenvalue weighted by Gasteiger charge is -2.60. The van der Waals surface area contributed by atoms with Crippen molar-refractivity contribution in [3.8, 4) is 11.8 Å². The first-order valence-electron chi connectivity index (χ1n) is 13.4. The maximum Gasteiger partial charge on any atom is 0.216 e. The summed E-state index contributed by atoms with van der Waals surface area (Å²) in [4.78, 5) is 43.7. The molecule has 1 aromatic carbocycles. The van der Waals surface area contributed by atoms with Crippen molar-refractivity contribution in [2.24, 2.45) is 0 Å². The summed E-state index contributed by atoms with van der Waals surface area (Å²) >= 11 is 0. The Kier molecular flexibility index (Phi) is 7.00. The van der Waals surface area contributed by atoms with Gasteiger partial charge < -0.3 is 14.8 Å². The van der Waals surface area contributed by atoms with E-state index < -0.39 is 12.1 Å². The van der Waals surface area contributed by atoms with Crippen LogP contribution in [0.2, 0.25) is 0 Å². The Labute approximate surface area is 229 Å². The van der Waals surface area contributed by atoms with Crippen molar-refractivity contribution >= 4 is 17.5 Å². The first-order valence-corrected chi connectivity index (χ1v) is 13.4. The van der Waals surface area contributed by atoms with E-state index in [0.717, 1.165) is 28.0 Å². The van der Waals surface area contributed by atoms with Gasteiger partial charge in [0.05, 0.1) is 18.2 Å². The number of nitriles is 1. The second-order valence-electron chi connectivity index (χ2n) is 11.2. The third-order valence-electron chi connectivity index (χ3n) is 9.22. The predicted molar refractivity (Wildman–Crippen MR) is 144 cm³/mol. The number of nitrogens with zero attached hydrogens (tertiary/aromatic N) is 3. The smallest absolute Gasteiger partial charge is 0.216 e. The van der Waals surface area contributed by atoms with E-state index in [2.05, 4.69) is 34.2 Å². The average Bonchev–Trinajstić information content (AvgIpc) is 2.90. The fourth-order valence-corrected chi connectivity index (χ4v) is 7.10. The van der Waals surface area contributed by atoms with Gasteiger partial charge in [-0.2, -0.15) is 5.26 Å². The Balaban J connectivity index is 1.74. The van der Waals surface area contributed by atoms with Gasteiger partial charge in [-0.05, 0) is 64.3 Å². The molecule has 39 heavy (non-hydrogen) atoms. The average molecular weight is 533 g/mol. The first-order chi connectivity index (χ1) is 18.5. The van der Waals surface area contributed by atoms with E-state index in [4.69, 9.17) is 9.47 Å². The number of methoxy groups -OCH3 is 1. The van der Waals surface area contributed by atoms with Crippen LogP contribution in [0.15, 0.2) is 28.4 Å². The number of aryl methyl sites for hydroxylation is 1. The fraction of sp³-hybridized carbons (Fsp3) is 0.533. The van der Waals surface area contributed by atoms with Crippen LogP contribution in [0.5, 0.6) is 5.75 Å². The van der Waals surface area contributed by atoms with Crippen molar-refractivity contribution < 1.29 is 23.9 Å². The van der Waals surface area contributed by atoms with Crippen LogP contribution in [0, 0.1) is 25.2 Å². The minimum Gasteiger partial charge on any atom is -0.467 e. The predicted octanol–water partition coefficient (Wildman–Crippen LogP) is 2.45. The third kappa shape index (κ3) is 4.05. The van der Waals surface area contributed by atoms with Gasteiger partial charge in [-0.15, -0.1) is 0 Å². The highest BCUT2D eigenvalue weighted by Crippen LogP contribution is 2.52. The minimum atomic E-state index is -0.595. The number of carbonyl (C=O) groups excluding carboxylic acids is 3. The van der Waals surface area contributed by atoms with Gasteiger partial charge in [-0.3, -0.25) is 24.2 Å². The topological polar surface area (TPSA) is 112 Å². The molecule has 1 amide bonds. The Hall–Kier alpha value is -3.32. The molecule has 4 aliphatic rings. The Bertz CT molecular complexity index is 1390. The van der Waals surface area contributed by atoms with Crippen LogP contribution in [0.1, 0.15) is 55.5 Å². The summed E-state index contributed by atoms with van der Waals surface area (Å²) in [6.45, 7) is 9.15. The zero-order valence-corrected chi connectivity index (χ0v) is 23.7. The van der Waals surface area contributed by atoms with Crippen molar-refractivity contribution in [2.75, 3.05) is 27.5 Å². The number of hydrogen-bond donors (Lipinski definition) is 1. The molecule has 9 heteroatoms. The Morgan fingerprint density at radius 3 is 2.46 bits per heavy atom. The third-order valence-corrected chi connectivity index (χ3v) is 9.22. The molecule has 0 radical (unpaired) electrons. The molecule has 0 aromatic heterocycles. The molecule has 1 aliphatic carbocycles. The Morgan fingerprint density at radius 2 is 1.82 bits per heavy atom. The molecule has 1 N–H and O–H groups in total. The molecule has 0 spiro atoms. The molecular weight excluding hydrogens is 496 g/mol. The number of carbonyl (C=O) groups is 3. The van der Waals surface area contributed by atoms with E-state index in [9.17, 15) is 19.6 Å². The number of nitrogens with one attached hydrogen (secondary N) is 1. The number of hydrogen-bond acceptors (Lipinski definition) is 8. The van der Waals surface area contributed by atoms with Gasteiger partial charge in [-0.1, -0.05) is 6.07 Å². The molecule has 3 aliphatic heterocycles. The van der Waals surface area contributed by atoms with Crippen LogP contribution in [0.4, 0.5) is 0 Å². The highest BCUT2D eigenvalue weighted by atomic mass is 16.7. The number of benzene rings is 1. The summed E-state index contributed by atoms with van der Waals surface area (Å²) < 4.78 is 11.5. The second kappa shape index (κ2) is 10.0. The highest BCUT2D eigenvalue weighted by Gasteiger charge is 2.57. The SMILES string of the molecule is COCOc1c(C)c(C)cc2c1[C@@H]1C3CC4=C(C(=O)C(C)=C(C)C4=O)[C@H](CNC(C)=O)N3[C@@H](C#N)[C@H](C2)N1C. The van der Waals surface area contributed by atoms with E-state index in [0.29, 0.717) is 35.1 Å². The quantitative estimate of drug-likeness (QED) is 0.455. The lowest BCUT2D eigenvalue weighted by molar-refractivity contribution is -0.122. The van der Waals surface area contributed by atoms with Crippen LogP contribution in [0.3, 0.4) is 0 Å². The van der Waals surface area contributed by atoms with Crippen LogP contribution < -0.4 is 10.1 Å². The van der Waals surface area contributed by atoms with Crippen molar-refractivity contribution in [2.45, 2.75) is 77.7 Å². The number of piperazine rings is 1. The maximum atomic E-state index is 13.7. The summed E-state index contributed by atoms with van der Waals surface area (Å²) in [5.41, 5.74) is 6.12. The van der Waals surface area contributed by atoms with Gasteiger partial charge >= 0.3 is 0 Å². The second-order valence-corrected chi connectivity index (χ2v) is 11.2. The van der Waals surface area contributed by atoms with E-state index in [1.807, 2.05) is 14.0 Å².